The predicted molar refractivity (Wildman–Crippen MR) is 83.7 cm³/mol. The van der Waals surface area contributed by atoms with Crippen molar-refractivity contribution in [2.24, 2.45) is 5.92 Å². The van der Waals surface area contributed by atoms with Crippen LogP contribution in [-0.2, 0) is 4.79 Å². The number of hydrogen-bond donors (Lipinski definition) is 3. The summed E-state index contributed by atoms with van der Waals surface area (Å²) in [5.74, 6) is 1.94. The highest BCUT2D eigenvalue weighted by molar-refractivity contribution is 5.84. The minimum absolute atomic E-state index is 0.0747. The first-order chi connectivity index (χ1) is 9.99. The molecule has 0 bridgehead atoms. The molecule has 1 atom stereocenters. The van der Waals surface area contributed by atoms with Crippen molar-refractivity contribution < 1.29 is 9.53 Å². The molecule has 1 rings (SSSR count). The largest absolute Gasteiger partial charge is 0.490 e. The average Bonchev–Trinajstić information content (AvgIpc) is 2.45. The fourth-order valence-corrected chi connectivity index (χ4v) is 1.69. The van der Waals surface area contributed by atoms with Gasteiger partial charge in [-0.1, -0.05) is 13.8 Å². The molecule has 0 fully saturated rings. The maximum atomic E-state index is 12.0. The summed E-state index contributed by atoms with van der Waals surface area (Å²) in [6.07, 6.45) is 1.43. The van der Waals surface area contributed by atoms with Gasteiger partial charge < -0.3 is 20.7 Å². The van der Waals surface area contributed by atoms with Gasteiger partial charge in [-0.05, 0) is 19.8 Å². The van der Waals surface area contributed by atoms with Crippen LogP contribution in [0.3, 0.4) is 0 Å². The first-order valence-electron chi connectivity index (χ1n) is 7.16. The molecule has 1 amide bonds. The Kier molecular flexibility index (Phi) is 6.71. The molecule has 0 aliphatic heterocycles. The third-order valence-corrected chi connectivity index (χ3v) is 2.78. The van der Waals surface area contributed by atoms with Crippen molar-refractivity contribution >= 4 is 17.5 Å². The first kappa shape index (κ1) is 17.0. The molecule has 1 unspecified atom stereocenters. The number of amides is 1. The van der Waals surface area contributed by atoms with Gasteiger partial charge in [-0.15, -0.1) is 0 Å². The number of anilines is 2. The number of hydrogen-bond acceptors (Lipinski definition) is 6. The Labute approximate surface area is 125 Å². The standard InChI is InChI=1S/C14H25N5O2/c1-6-15-12-11(21-5)13(18-8-17-12)19-10(4)14(20)16-7-9(2)3/h8-10H,6-7H2,1-5H3,(H,16,20)(H2,15,17,18,19). The fraction of sp³-hybridized carbons (Fsp3) is 0.643. The van der Waals surface area contributed by atoms with Crippen LogP contribution in [0.2, 0.25) is 0 Å². The zero-order chi connectivity index (χ0) is 15.8. The van der Waals surface area contributed by atoms with Crippen molar-refractivity contribution in [2.75, 3.05) is 30.8 Å². The van der Waals surface area contributed by atoms with Gasteiger partial charge in [-0.3, -0.25) is 4.79 Å². The number of carbonyl (C=O) groups excluding carboxylic acids is 1. The molecule has 0 radical (unpaired) electrons. The molecule has 0 aromatic carbocycles. The van der Waals surface area contributed by atoms with E-state index in [4.69, 9.17) is 4.74 Å². The highest BCUT2D eigenvalue weighted by atomic mass is 16.5. The summed E-state index contributed by atoms with van der Waals surface area (Å²) in [5.41, 5.74) is 0. The smallest absolute Gasteiger partial charge is 0.242 e. The number of aromatic nitrogens is 2. The molecule has 118 valence electrons. The topological polar surface area (TPSA) is 88.2 Å². The predicted octanol–water partition coefficient (Wildman–Crippen LogP) is 1.49. The Morgan fingerprint density at radius 1 is 1.29 bits per heavy atom. The maximum absolute atomic E-state index is 12.0. The first-order valence-corrected chi connectivity index (χ1v) is 7.16. The zero-order valence-corrected chi connectivity index (χ0v) is 13.4. The van der Waals surface area contributed by atoms with E-state index in [1.807, 2.05) is 6.92 Å². The highest BCUT2D eigenvalue weighted by Crippen LogP contribution is 2.29. The summed E-state index contributed by atoms with van der Waals surface area (Å²) in [6, 6.07) is -0.415. The number of rotatable bonds is 8. The van der Waals surface area contributed by atoms with Crippen molar-refractivity contribution in [3.05, 3.63) is 6.33 Å². The van der Waals surface area contributed by atoms with E-state index in [9.17, 15) is 4.79 Å². The van der Waals surface area contributed by atoms with Crippen LogP contribution in [0.4, 0.5) is 11.6 Å². The van der Waals surface area contributed by atoms with E-state index < -0.39 is 6.04 Å². The zero-order valence-electron chi connectivity index (χ0n) is 13.4. The SMILES string of the molecule is CCNc1ncnc(NC(C)C(=O)NCC(C)C)c1OC. The molecule has 1 aromatic heterocycles. The Morgan fingerprint density at radius 3 is 2.52 bits per heavy atom. The van der Waals surface area contributed by atoms with Gasteiger partial charge in [0.1, 0.15) is 12.4 Å². The van der Waals surface area contributed by atoms with E-state index in [1.165, 1.54) is 6.33 Å². The highest BCUT2D eigenvalue weighted by Gasteiger charge is 2.18. The van der Waals surface area contributed by atoms with Crippen molar-refractivity contribution in [2.45, 2.75) is 33.7 Å². The molecular weight excluding hydrogens is 270 g/mol. The van der Waals surface area contributed by atoms with Gasteiger partial charge in [-0.2, -0.15) is 0 Å². The van der Waals surface area contributed by atoms with Crippen molar-refractivity contribution in [3.63, 3.8) is 0 Å². The van der Waals surface area contributed by atoms with Crippen LogP contribution in [-0.4, -0.2) is 42.1 Å². The average molecular weight is 295 g/mol. The number of carbonyl (C=O) groups is 1. The third kappa shape index (κ3) is 5.09. The molecule has 0 spiro atoms. The van der Waals surface area contributed by atoms with E-state index >= 15 is 0 Å². The Bertz CT molecular complexity index is 465. The fourth-order valence-electron chi connectivity index (χ4n) is 1.69. The summed E-state index contributed by atoms with van der Waals surface area (Å²) >= 11 is 0. The van der Waals surface area contributed by atoms with Gasteiger partial charge in [-0.25, -0.2) is 9.97 Å². The lowest BCUT2D eigenvalue weighted by atomic mass is 10.2. The molecule has 0 aliphatic carbocycles. The second-order valence-corrected chi connectivity index (χ2v) is 5.14. The van der Waals surface area contributed by atoms with Crippen LogP contribution in [0.5, 0.6) is 5.75 Å². The molecular formula is C14H25N5O2. The van der Waals surface area contributed by atoms with Gasteiger partial charge in [0.25, 0.3) is 0 Å². The summed E-state index contributed by atoms with van der Waals surface area (Å²) in [5, 5.41) is 9.03. The summed E-state index contributed by atoms with van der Waals surface area (Å²) < 4.78 is 5.33. The van der Waals surface area contributed by atoms with Gasteiger partial charge in [0.2, 0.25) is 11.7 Å². The third-order valence-electron chi connectivity index (χ3n) is 2.78. The molecule has 1 aromatic rings. The van der Waals surface area contributed by atoms with Gasteiger partial charge in [0.15, 0.2) is 11.6 Å². The monoisotopic (exact) mass is 295 g/mol. The van der Waals surface area contributed by atoms with Crippen molar-refractivity contribution in [3.8, 4) is 5.75 Å². The van der Waals surface area contributed by atoms with Gasteiger partial charge in [0.05, 0.1) is 7.11 Å². The molecule has 1 heterocycles. The number of methoxy groups -OCH3 is 1. The second kappa shape index (κ2) is 8.28. The van der Waals surface area contributed by atoms with Gasteiger partial charge in [0, 0.05) is 13.1 Å². The maximum Gasteiger partial charge on any atom is 0.242 e. The molecule has 7 heteroatoms. The van der Waals surface area contributed by atoms with E-state index in [0.29, 0.717) is 29.8 Å². The van der Waals surface area contributed by atoms with E-state index in [0.717, 1.165) is 6.54 Å². The quantitative estimate of drug-likeness (QED) is 0.673. The second-order valence-electron chi connectivity index (χ2n) is 5.14. The minimum Gasteiger partial charge on any atom is -0.490 e. The van der Waals surface area contributed by atoms with E-state index in [-0.39, 0.29) is 5.91 Å². The molecule has 0 aliphatic rings. The minimum atomic E-state index is -0.415. The molecule has 3 N–H and O–H groups in total. The Morgan fingerprint density at radius 2 is 1.95 bits per heavy atom. The summed E-state index contributed by atoms with van der Waals surface area (Å²) in [4.78, 5) is 20.3. The molecule has 0 saturated carbocycles. The van der Waals surface area contributed by atoms with Crippen LogP contribution in [0.1, 0.15) is 27.7 Å². The number of ether oxygens (including phenoxy) is 1. The normalized spacial score (nSPS) is 11.9. The van der Waals surface area contributed by atoms with Crippen molar-refractivity contribution in [1.82, 2.24) is 15.3 Å². The Hall–Kier alpha value is -2.05. The molecule has 7 nitrogen and oxygen atoms in total. The number of nitrogens with one attached hydrogen (secondary N) is 3. The lowest BCUT2D eigenvalue weighted by Gasteiger charge is -2.18. The molecule has 21 heavy (non-hydrogen) atoms. The van der Waals surface area contributed by atoms with Gasteiger partial charge >= 0.3 is 0 Å². The van der Waals surface area contributed by atoms with Crippen LogP contribution in [0.25, 0.3) is 0 Å². The van der Waals surface area contributed by atoms with Crippen LogP contribution < -0.4 is 20.7 Å². The van der Waals surface area contributed by atoms with Crippen molar-refractivity contribution in [1.29, 1.82) is 0 Å². The van der Waals surface area contributed by atoms with Crippen LogP contribution >= 0.6 is 0 Å². The van der Waals surface area contributed by atoms with E-state index in [2.05, 4.69) is 39.8 Å². The summed E-state index contributed by atoms with van der Waals surface area (Å²) in [7, 11) is 1.55. The van der Waals surface area contributed by atoms with Crippen LogP contribution in [0, 0.1) is 5.92 Å². The lowest BCUT2D eigenvalue weighted by Crippen LogP contribution is -2.39. The van der Waals surface area contributed by atoms with Crippen LogP contribution in [0.15, 0.2) is 6.33 Å². The van der Waals surface area contributed by atoms with E-state index in [1.54, 1.807) is 14.0 Å². The summed E-state index contributed by atoms with van der Waals surface area (Å²) in [6.45, 7) is 9.22. The lowest BCUT2D eigenvalue weighted by molar-refractivity contribution is -0.121. The molecule has 0 saturated heterocycles. The Balaban J connectivity index is 2.77. The number of nitrogens with zero attached hydrogens (tertiary/aromatic N) is 2.